The van der Waals surface area contributed by atoms with Gasteiger partial charge in [-0.2, -0.15) is 0 Å². The van der Waals surface area contributed by atoms with Gasteiger partial charge in [0.15, 0.2) is 5.78 Å². The van der Waals surface area contributed by atoms with Crippen molar-refractivity contribution in [3.8, 4) is 5.75 Å². The third-order valence-electron chi connectivity index (χ3n) is 4.40. The maximum atomic E-state index is 12.8. The summed E-state index contributed by atoms with van der Waals surface area (Å²) in [6, 6.07) is 5.86. The predicted octanol–water partition coefficient (Wildman–Crippen LogP) is 2.68. The monoisotopic (exact) mass is 259 g/mol. The number of Topliss-reactive ketones (excluding diaryl/α,β-unsaturated/α-hetero) is 1. The summed E-state index contributed by atoms with van der Waals surface area (Å²) in [6.07, 6.45) is 3.32. The lowest BCUT2D eigenvalue weighted by Gasteiger charge is -2.34. The number of hydrogen-bond donors (Lipinski definition) is 0. The topological polar surface area (TPSA) is 29.5 Å². The van der Waals surface area contributed by atoms with Gasteiger partial charge < -0.3 is 4.74 Å². The molecule has 0 unspecified atom stereocenters. The summed E-state index contributed by atoms with van der Waals surface area (Å²) in [6.45, 7) is 6.90. The van der Waals surface area contributed by atoms with Crippen molar-refractivity contribution in [2.75, 3.05) is 19.7 Å². The fourth-order valence-corrected chi connectivity index (χ4v) is 3.10. The molecule has 1 saturated heterocycles. The van der Waals surface area contributed by atoms with E-state index >= 15 is 0 Å². The van der Waals surface area contributed by atoms with Crippen molar-refractivity contribution in [2.24, 2.45) is 0 Å². The number of rotatable bonds is 3. The van der Waals surface area contributed by atoms with Gasteiger partial charge in [-0.1, -0.05) is 0 Å². The third kappa shape index (κ3) is 2.16. The summed E-state index contributed by atoms with van der Waals surface area (Å²) in [4.78, 5) is 15.1. The highest BCUT2D eigenvalue weighted by Crippen LogP contribution is 2.29. The molecule has 1 fully saturated rings. The van der Waals surface area contributed by atoms with Crippen molar-refractivity contribution in [1.82, 2.24) is 4.90 Å². The van der Waals surface area contributed by atoms with Gasteiger partial charge in [-0.25, -0.2) is 0 Å². The average Bonchev–Trinajstić information content (AvgIpc) is 3.07. The first-order valence-electron chi connectivity index (χ1n) is 7.14. The number of ketones is 1. The Labute approximate surface area is 114 Å². The Balaban J connectivity index is 1.86. The molecule has 0 atom stereocenters. The van der Waals surface area contributed by atoms with Gasteiger partial charge >= 0.3 is 0 Å². The molecule has 0 bridgehead atoms. The first-order valence-corrected chi connectivity index (χ1v) is 7.14. The van der Waals surface area contributed by atoms with Crippen molar-refractivity contribution in [3.05, 3.63) is 29.3 Å². The number of nitrogens with zero attached hydrogens (tertiary/aromatic N) is 1. The maximum absolute atomic E-state index is 12.8. The van der Waals surface area contributed by atoms with Crippen molar-refractivity contribution < 1.29 is 9.53 Å². The molecule has 0 aromatic heterocycles. The smallest absolute Gasteiger partial charge is 0.182 e. The highest BCUT2D eigenvalue weighted by atomic mass is 16.5. The van der Waals surface area contributed by atoms with Gasteiger partial charge in [0.2, 0.25) is 0 Å². The van der Waals surface area contributed by atoms with E-state index in [4.69, 9.17) is 4.74 Å². The second-order valence-electron chi connectivity index (χ2n) is 6.00. The number of ether oxygens (including phenoxy) is 1. The maximum Gasteiger partial charge on any atom is 0.182 e. The second kappa shape index (κ2) is 4.64. The van der Waals surface area contributed by atoms with Crippen LogP contribution in [0.4, 0.5) is 0 Å². The van der Waals surface area contributed by atoms with Crippen LogP contribution < -0.4 is 4.74 Å². The molecule has 1 aromatic carbocycles. The van der Waals surface area contributed by atoms with Gasteiger partial charge in [-0.15, -0.1) is 0 Å². The molecule has 0 aliphatic carbocycles. The van der Waals surface area contributed by atoms with Gasteiger partial charge in [-0.05, 0) is 63.5 Å². The van der Waals surface area contributed by atoms with E-state index in [9.17, 15) is 4.79 Å². The van der Waals surface area contributed by atoms with E-state index in [1.165, 1.54) is 18.4 Å². The van der Waals surface area contributed by atoms with Crippen molar-refractivity contribution >= 4 is 5.78 Å². The minimum atomic E-state index is -0.399. The Morgan fingerprint density at radius 2 is 2.00 bits per heavy atom. The van der Waals surface area contributed by atoms with Crippen LogP contribution in [0.2, 0.25) is 0 Å². The molecule has 0 saturated carbocycles. The molecule has 19 heavy (non-hydrogen) atoms. The zero-order valence-electron chi connectivity index (χ0n) is 11.7. The minimum absolute atomic E-state index is 0.226. The highest BCUT2D eigenvalue weighted by molar-refractivity contribution is 6.03. The third-order valence-corrected chi connectivity index (χ3v) is 4.40. The van der Waals surface area contributed by atoms with E-state index in [1.54, 1.807) is 0 Å². The van der Waals surface area contributed by atoms with Crippen molar-refractivity contribution in [3.63, 3.8) is 0 Å². The molecule has 2 heterocycles. The van der Waals surface area contributed by atoms with E-state index in [0.29, 0.717) is 0 Å². The van der Waals surface area contributed by atoms with E-state index in [1.807, 2.05) is 32.0 Å². The van der Waals surface area contributed by atoms with E-state index < -0.39 is 5.54 Å². The molecular formula is C16H21NO2. The second-order valence-corrected chi connectivity index (χ2v) is 6.00. The Morgan fingerprint density at radius 1 is 1.26 bits per heavy atom. The lowest BCUT2D eigenvalue weighted by molar-refractivity contribution is 0.0702. The zero-order valence-corrected chi connectivity index (χ0v) is 11.7. The van der Waals surface area contributed by atoms with Gasteiger partial charge in [0.05, 0.1) is 12.1 Å². The largest absolute Gasteiger partial charge is 0.493 e. The summed E-state index contributed by atoms with van der Waals surface area (Å²) >= 11 is 0. The molecule has 1 aromatic rings. The summed E-state index contributed by atoms with van der Waals surface area (Å²) in [5.41, 5.74) is 1.59. The first-order chi connectivity index (χ1) is 9.09. The van der Waals surface area contributed by atoms with Crippen LogP contribution in [0.15, 0.2) is 18.2 Å². The predicted molar refractivity (Wildman–Crippen MR) is 74.9 cm³/mol. The highest BCUT2D eigenvalue weighted by Gasteiger charge is 2.36. The Bertz CT molecular complexity index is 501. The summed E-state index contributed by atoms with van der Waals surface area (Å²) < 4.78 is 5.50. The van der Waals surface area contributed by atoms with Crippen LogP contribution in [-0.2, 0) is 6.42 Å². The average molecular weight is 259 g/mol. The fraction of sp³-hybridized carbons (Fsp3) is 0.562. The molecule has 102 valence electrons. The Kier molecular flexibility index (Phi) is 3.09. The molecule has 0 N–H and O–H groups in total. The van der Waals surface area contributed by atoms with Crippen LogP contribution in [0.3, 0.4) is 0 Å². The molecule has 2 aliphatic heterocycles. The molecule has 0 amide bonds. The van der Waals surface area contributed by atoms with Gasteiger partial charge in [0.1, 0.15) is 5.75 Å². The van der Waals surface area contributed by atoms with Crippen molar-refractivity contribution in [2.45, 2.75) is 38.6 Å². The molecule has 3 heteroatoms. The lowest BCUT2D eigenvalue weighted by Crippen LogP contribution is -2.48. The number of carbonyl (C=O) groups excluding carboxylic acids is 1. The van der Waals surface area contributed by atoms with Crippen LogP contribution in [0.1, 0.15) is 42.6 Å². The minimum Gasteiger partial charge on any atom is -0.493 e. The fourth-order valence-electron chi connectivity index (χ4n) is 3.10. The number of fused-ring (bicyclic) bond motifs is 1. The van der Waals surface area contributed by atoms with E-state index in [-0.39, 0.29) is 5.78 Å². The molecule has 3 rings (SSSR count). The summed E-state index contributed by atoms with van der Waals surface area (Å²) in [5.74, 6) is 1.17. The van der Waals surface area contributed by atoms with Gasteiger partial charge in [0, 0.05) is 12.0 Å². The number of carbonyl (C=O) groups is 1. The molecule has 0 radical (unpaired) electrons. The quantitative estimate of drug-likeness (QED) is 0.782. The van der Waals surface area contributed by atoms with Crippen molar-refractivity contribution in [1.29, 1.82) is 0 Å². The standard InChI is InChI=1S/C16H21NO2/c1-16(2,17-8-3-4-9-17)15(18)13-5-6-14-12(11-13)7-10-19-14/h5-6,11H,3-4,7-10H2,1-2H3. The first kappa shape index (κ1) is 12.7. The molecule has 3 nitrogen and oxygen atoms in total. The SMILES string of the molecule is CC(C)(C(=O)c1ccc2c(c1)CCO2)N1CCCC1. The Morgan fingerprint density at radius 3 is 2.74 bits per heavy atom. The van der Waals surface area contributed by atoms with E-state index in [2.05, 4.69) is 4.90 Å². The number of benzene rings is 1. The van der Waals surface area contributed by atoms with Gasteiger partial charge in [-0.3, -0.25) is 9.69 Å². The Hall–Kier alpha value is -1.35. The molecule has 2 aliphatic rings. The van der Waals surface area contributed by atoms with Gasteiger partial charge in [0.25, 0.3) is 0 Å². The number of hydrogen-bond acceptors (Lipinski definition) is 3. The zero-order chi connectivity index (χ0) is 13.5. The van der Waals surface area contributed by atoms with Crippen LogP contribution in [-0.4, -0.2) is 35.9 Å². The van der Waals surface area contributed by atoms with Crippen LogP contribution >= 0.6 is 0 Å². The summed E-state index contributed by atoms with van der Waals surface area (Å²) in [5, 5.41) is 0. The lowest BCUT2D eigenvalue weighted by atomic mass is 9.90. The van der Waals surface area contributed by atoms with Crippen LogP contribution in [0.5, 0.6) is 5.75 Å². The number of likely N-dealkylation sites (tertiary alicyclic amines) is 1. The normalized spacial score (nSPS) is 19.3. The van der Waals surface area contributed by atoms with Crippen LogP contribution in [0.25, 0.3) is 0 Å². The van der Waals surface area contributed by atoms with Crippen LogP contribution in [0, 0.1) is 0 Å². The van der Waals surface area contributed by atoms with E-state index in [0.717, 1.165) is 37.4 Å². The molecule has 0 spiro atoms. The molecular weight excluding hydrogens is 238 g/mol. The summed E-state index contributed by atoms with van der Waals surface area (Å²) in [7, 11) is 0.